The third-order valence-electron chi connectivity index (χ3n) is 2.46. The molecule has 2 heterocycles. The first kappa shape index (κ1) is 12.1. The highest BCUT2D eigenvalue weighted by Gasteiger charge is 2.10. The van der Waals surface area contributed by atoms with Crippen LogP contribution in [0.15, 0.2) is 26.9 Å². The molecule has 0 saturated heterocycles. The second kappa shape index (κ2) is 4.89. The van der Waals surface area contributed by atoms with E-state index in [0.29, 0.717) is 5.22 Å². The van der Waals surface area contributed by atoms with Crippen LogP contribution >= 0.6 is 11.8 Å². The Morgan fingerprint density at radius 1 is 1.35 bits per heavy atom. The molecule has 0 fully saturated rings. The zero-order valence-electron chi connectivity index (χ0n) is 10.0. The van der Waals surface area contributed by atoms with E-state index in [0.717, 1.165) is 27.6 Å². The number of pyridine rings is 1. The highest BCUT2D eigenvalue weighted by Crippen LogP contribution is 2.29. The number of nitrogens with zero attached hydrogens (tertiary/aromatic N) is 2. The molecule has 0 atom stereocenters. The van der Waals surface area contributed by atoms with Gasteiger partial charge in [0.2, 0.25) is 0 Å². The zero-order chi connectivity index (χ0) is 12.4. The standard InChI is InChI=1S/C12H14N2O2S/c1-7-4-10(6-15)5-13-11(7)17-12-14-8(2)9(3)16-12/h4-5,15H,6H2,1-3H3. The summed E-state index contributed by atoms with van der Waals surface area (Å²) in [4.78, 5) is 8.58. The van der Waals surface area contributed by atoms with Gasteiger partial charge in [0.1, 0.15) is 10.8 Å². The van der Waals surface area contributed by atoms with Crippen molar-refractivity contribution in [2.75, 3.05) is 0 Å². The van der Waals surface area contributed by atoms with Crippen molar-refractivity contribution in [1.29, 1.82) is 0 Å². The summed E-state index contributed by atoms with van der Waals surface area (Å²) in [5.74, 6) is 0.831. The van der Waals surface area contributed by atoms with Crippen LogP contribution in [0.5, 0.6) is 0 Å². The third-order valence-corrected chi connectivity index (χ3v) is 3.43. The molecule has 2 rings (SSSR count). The molecule has 0 aliphatic carbocycles. The normalized spacial score (nSPS) is 10.8. The maximum atomic E-state index is 9.00. The van der Waals surface area contributed by atoms with Gasteiger partial charge >= 0.3 is 0 Å². The van der Waals surface area contributed by atoms with Crippen LogP contribution in [-0.4, -0.2) is 15.1 Å². The van der Waals surface area contributed by atoms with Crippen LogP contribution in [0.4, 0.5) is 0 Å². The highest BCUT2D eigenvalue weighted by molar-refractivity contribution is 7.99. The van der Waals surface area contributed by atoms with Crippen molar-refractivity contribution in [3.8, 4) is 0 Å². The number of aliphatic hydroxyl groups is 1. The average Bonchev–Trinajstić information content (AvgIpc) is 2.61. The van der Waals surface area contributed by atoms with Gasteiger partial charge in [-0.05, 0) is 49.7 Å². The van der Waals surface area contributed by atoms with Crippen molar-refractivity contribution in [1.82, 2.24) is 9.97 Å². The maximum Gasteiger partial charge on any atom is 0.262 e. The Kier molecular flexibility index (Phi) is 3.49. The Balaban J connectivity index is 2.24. The first-order valence-corrected chi connectivity index (χ1v) is 6.10. The van der Waals surface area contributed by atoms with E-state index in [4.69, 9.17) is 9.52 Å². The van der Waals surface area contributed by atoms with Crippen LogP contribution in [0.2, 0.25) is 0 Å². The molecule has 17 heavy (non-hydrogen) atoms. The summed E-state index contributed by atoms with van der Waals surface area (Å²) in [5.41, 5.74) is 2.72. The molecule has 1 N–H and O–H groups in total. The number of hydrogen-bond donors (Lipinski definition) is 1. The minimum atomic E-state index is 0.00993. The lowest BCUT2D eigenvalue weighted by Crippen LogP contribution is -1.90. The Labute approximate surface area is 104 Å². The molecule has 2 aromatic rings. The fourth-order valence-corrected chi connectivity index (χ4v) is 2.22. The molecule has 2 aromatic heterocycles. The van der Waals surface area contributed by atoms with Crippen molar-refractivity contribution in [2.24, 2.45) is 0 Å². The molecular formula is C12H14N2O2S. The first-order valence-electron chi connectivity index (χ1n) is 5.28. The molecule has 0 saturated carbocycles. The van der Waals surface area contributed by atoms with E-state index < -0.39 is 0 Å². The van der Waals surface area contributed by atoms with Crippen molar-refractivity contribution in [2.45, 2.75) is 37.6 Å². The predicted molar refractivity (Wildman–Crippen MR) is 65.0 cm³/mol. The van der Waals surface area contributed by atoms with E-state index in [9.17, 15) is 0 Å². The number of aryl methyl sites for hydroxylation is 3. The quantitative estimate of drug-likeness (QED) is 0.907. The molecule has 0 aromatic carbocycles. The molecule has 0 bridgehead atoms. The van der Waals surface area contributed by atoms with Gasteiger partial charge in [-0.15, -0.1) is 0 Å². The summed E-state index contributed by atoms with van der Waals surface area (Å²) < 4.78 is 5.49. The third kappa shape index (κ3) is 2.68. The van der Waals surface area contributed by atoms with Gasteiger partial charge in [0, 0.05) is 6.20 Å². The van der Waals surface area contributed by atoms with Crippen LogP contribution in [0.1, 0.15) is 22.6 Å². The van der Waals surface area contributed by atoms with Gasteiger partial charge in [-0.1, -0.05) is 0 Å². The summed E-state index contributed by atoms with van der Waals surface area (Å²) in [6.45, 7) is 5.77. The topological polar surface area (TPSA) is 59.2 Å². The van der Waals surface area contributed by atoms with Crippen LogP contribution in [0.25, 0.3) is 0 Å². The lowest BCUT2D eigenvalue weighted by atomic mass is 10.2. The van der Waals surface area contributed by atoms with Gasteiger partial charge < -0.3 is 9.52 Å². The maximum absolute atomic E-state index is 9.00. The molecule has 0 amide bonds. The second-order valence-electron chi connectivity index (χ2n) is 3.85. The minimum absolute atomic E-state index is 0.00993. The summed E-state index contributed by atoms with van der Waals surface area (Å²) >= 11 is 1.40. The van der Waals surface area contributed by atoms with Crippen LogP contribution in [-0.2, 0) is 6.61 Å². The highest BCUT2D eigenvalue weighted by atomic mass is 32.2. The summed E-state index contributed by atoms with van der Waals surface area (Å²) in [6, 6.07) is 1.91. The molecule has 5 heteroatoms. The number of aromatic nitrogens is 2. The monoisotopic (exact) mass is 250 g/mol. The van der Waals surface area contributed by atoms with E-state index >= 15 is 0 Å². The van der Waals surface area contributed by atoms with E-state index in [1.807, 2.05) is 26.8 Å². The minimum Gasteiger partial charge on any atom is -0.436 e. The first-order chi connectivity index (χ1) is 8.10. The van der Waals surface area contributed by atoms with Crippen LogP contribution in [0.3, 0.4) is 0 Å². The molecular weight excluding hydrogens is 236 g/mol. The van der Waals surface area contributed by atoms with Gasteiger partial charge in [0.05, 0.1) is 12.3 Å². The van der Waals surface area contributed by atoms with E-state index in [-0.39, 0.29) is 6.61 Å². The fourth-order valence-electron chi connectivity index (χ4n) is 1.38. The Hall–Kier alpha value is -1.33. The Morgan fingerprint density at radius 3 is 2.65 bits per heavy atom. The molecule has 0 radical (unpaired) electrons. The average molecular weight is 250 g/mol. The number of aliphatic hydroxyl groups excluding tert-OH is 1. The largest absolute Gasteiger partial charge is 0.436 e. The fraction of sp³-hybridized carbons (Fsp3) is 0.333. The van der Waals surface area contributed by atoms with Crippen molar-refractivity contribution >= 4 is 11.8 Å². The lowest BCUT2D eigenvalue weighted by Gasteiger charge is -2.03. The van der Waals surface area contributed by atoms with Crippen molar-refractivity contribution in [3.05, 3.63) is 34.8 Å². The van der Waals surface area contributed by atoms with Gasteiger partial charge in [-0.3, -0.25) is 0 Å². The molecule has 0 aliphatic rings. The molecule has 4 nitrogen and oxygen atoms in total. The van der Waals surface area contributed by atoms with E-state index in [1.165, 1.54) is 11.8 Å². The summed E-state index contributed by atoms with van der Waals surface area (Å²) in [7, 11) is 0. The van der Waals surface area contributed by atoms with Crippen molar-refractivity contribution in [3.63, 3.8) is 0 Å². The van der Waals surface area contributed by atoms with E-state index in [2.05, 4.69) is 9.97 Å². The van der Waals surface area contributed by atoms with E-state index in [1.54, 1.807) is 6.20 Å². The van der Waals surface area contributed by atoms with Gasteiger partial charge in [0.25, 0.3) is 5.22 Å². The van der Waals surface area contributed by atoms with Crippen molar-refractivity contribution < 1.29 is 9.52 Å². The molecule has 90 valence electrons. The number of oxazole rings is 1. The summed E-state index contributed by atoms with van der Waals surface area (Å²) in [5, 5.41) is 10.5. The predicted octanol–water partition coefficient (Wildman–Crippen LogP) is 2.64. The van der Waals surface area contributed by atoms with Gasteiger partial charge in [-0.25, -0.2) is 9.97 Å². The molecule has 0 aliphatic heterocycles. The number of rotatable bonds is 3. The second-order valence-corrected chi connectivity index (χ2v) is 4.79. The van der Waals surface area contributed by atoms with Crippen LogP contribution in [0, 0.1) is 20.8 Å². The molecule has 0 unspecified atom stereocenters. The Bertz CT molecular complexity index is 518. The van der Waals surface area contributed by atoms with Crippen LogP contribution < -0.4 is 0 Å². The smallest absolute Gasteiger partial charge is 0.262 e. The zero-order valence-corrected chi connectivity index (χ0v) is 10.8. The summed E-state index contributed by atoms with van der Waals surface area (Å²) in [6.07, 6.45) is 1.66. The lowest BCUT2D eigenvalue weighted by molar-refractivity contribution is 0.281. The molecule has 0 spiro atoms. The van der Waals surface area contributed by atoms with Gasteiger partial charge in [-0.2, -0.15) is 0 Å². The number of hydrogen-bond acceptors (Lipinski definition) is 5. The SMILES string of the molecule is Cc1cc(CO)cnc1Sc1nc(C)c(C)o1. The van der Waals surface area contributed by atoms with Gasteiger partial charge in [0.15, 0.2) is 0 Å². The Morgan fingerprint density at radius 2 is 2.12 bits per heavy atom.